The van der Waals surface area contributed by atoms with E-state index in [2.05, 4.69) is 57.8 Å². The van der Waals surface area contributed by atoms with Crippen LogP contribution in [0.4, 0.5) is 11.4 Å². The summed E-state index contributed by atoms with van der Waals surface area (Å²) in [6.07, 6.45) is 4.52. The Morgan fingerprint density at radius 2 is 1.80 bits per heavy atom. The largest absolute Gasteiger partial charge is 0.369 e. The summed E-state index contributed by atoms with van der Waals surface area (Å²) in [6.45, 7) is 0. The molecule has 2 aliphatic rings. The molecular formula is C14H15Br3N6O2. The van der Waals surface area contributed by atoms with E-state index in [1.54, 1.807) is 11.0 Å². The highest BCUT2D eigenvalue weighted by Crippen LogP contribution is 2.49. The van der Waals surface area contributed by atoms with Crippen LogP contribution in [0, 0.1) is 10.1 Å². The van der Waals surface area contributed by atoms with Gasteiger partial charge in [-0.3, -0.25) is 15.0 Å². The second kappa shape index (κ2) is 6.84. The van der Waals surface area contributed by atoms with E-state index in [1.807, 2.05) is 0 Å². The van der Waals surface area contributed by atoms with Crippen molar-refractivity contribution in [2.75, 3.05) is 4.90 Å². The quantitative estimate of drug-likeness (QED) is 0.435. The normalized spacial score (nSPS) is 19.6. The van der Waals surface area contributed by atoms with Crippen molar-refractivity contribution in [2.45, 2.75) is 37.8 Å². The molecule has 0 amide bonds. The second-order valence-electron chi connectivity index (χ2n) is 5.93. The predicted molar refractivity (Wildman–Crippen MR) is 108 cm³/mol. The van der Waals surface area contributed by atoms with Gasteiger partial charge in [-0.1, -0.05) is 6.42 Å². The molecule has 4 N–H and O–H groups in total. The zero-order chi connectivity index (χ0) is 18.4. The lowest BCUT2D eigenvalue weighted by Crippen LogP contribution is -2.58. The minimum Gasteiger partial charge on any atom is -0.369 e. The first-order valence-corrected chi connectivity index (χ1v) is 9.96. The first kappa shape index (κ1) is 18.6. The predicted octanol–water partition coefficient (Wildman–Crippen LogP) is 3.99. The summed E-state index contributed by atoms with van der Waals surface area (Å²) in [7, 11) is 0. The van der Waals surface area contributed by atoms with Gasteiger partial charge in [0.1, 0.15) is 10.1 Å². The number of guanidine groups is 2. The molecule has 1 aliphatic heterocycles. The minimum absolute atomic E-state index is 0.0838. The highest BCUT2D eigenvalue weighted by Gasteiger charge is 2.45. The molecule has 0 atom stereocenters. The molecule has 0 bridgehead atoms. The van der Waals surface area contributed by atoms with Gasteiger partial charge in [-0.25, -0.2) is 4.99 Å². The number of rotatable bonds is 2. The van der Waals surface area contributed by atoms with Gasteiger partial charge in [0.2, 0.25) is 11.9 Å². The zero-order valence-electron chi connectivity index (χ0n) is 13.0. The van der Waals surface area contributed by atoms with Crippen molar-refractivity contribution >= 4 is 71.1 Å². The Morgan fingerprint density at radius 1 is 1.16 bits per heavy atom. The van der Waals surface area contributed by atoms with Crippen molar-refractivity contribution in [3.05, 3.63) is 29.6 Å². The van der Waals surface area contributed by atoms with E-state index in [9.17, 15) is 10.1 Å². The van der Waals surface area contributed by atoms with E-state index < -0.39 is 10.6 Å². The number of hydrogen-bond donors (Lipinski definition) is 2. The van der Waals surface area contributed by atoms with E-state index in [0.717, 1.165) is 32.1 Å². The molecule has 0 aromatic heterocycles. The molecule has 1 aromatic rings. The van der Waals surface area contributed by atoms with Crippen molar-refractivity contribution in [3.8, 4) is 0 Å². The van der Waals surface area contributed by atoms with E-state index in [1.165, 1.54) is 0 Å². The van der Waals surface area contributed by atoms with Crippen LogP contribution in [-0.2, 0) is 0 Å². The van der Waals surface area contributed by atoms with Gasteiger partial charge >= 0.3 is 0 Å². The smallest absolute Gasteiger partial charge is 0.299 e. The minimum atomic E-state index is -0.680. The van der Waals surface area contributed by atoms with Gasteiger partial charge in [0.15, 0.2) is 0 Å². The van der Waals surface area contributed by atoms with E-state index >= 15 is 0 Å². The first-order valence-electron chi connectivity index (χ1n) is 7.58. The topological polar surface area (TPSA) is 123 Å². The van der Waals surface area contributed by atoms with Crippen LogP contribution in [0.1, 0.15) is 32.1 Å². The molecule has 134 valence electrons. The summed E-state index contributed by atoms with van der Waals surface area (Å²) in [5.41, 5.74) is 11.8. The second-order valence-corrected chi connectivity index (χ2v) is 8.43. The molecule has 0 saturated heterocycles. The Hall–Kier alpha value is -1.20. The van der Waals surface area contributed by atoms with Crippen molar-refractivity contribution in [1.29, 1.82) is 0 Å². The molecule has 0 unspecified atom stereocenters. The number of nitro groups is 1. The number of nitrogens with two attached hydrogens (primary N) is 2. The molecule has 0 radical (unpaired) electrons. The van der Waals surface area contributed by atoms with Gasteiger partial charge in [-0.05, 0) is 79.5 Å². The fourth-order valence-corrected chi connectivity index (χ4v) is 6.15. The molecule has 1 fully saturated rings. The molecule has 8 nitrogen and oxygen atoms in total. The summed E-state index contributed by atoms with van der Waals surface area (Å²) in [5.74, 6) is 0.307. The number of anilines is 1. The fraction of sp³-hybridized carbons (Fsp3) is 0.429. The maximum atomic E-state index is 11.5. The van der Waals surface area contributed by atoms with Crippen molar-refractivity contribution in [2.24, 2.45) is 21.5 Å². The lowest BCUT2D eigenvalue weighted by molar-refractivity contribution is -0.386. The molecule has 1 aromatic carbocycles. The Bertz CT molecular complexity index is 804. The maximum absolute atomic E-state index is 11.5. The van der Waals surface area contributed by atoms with Crippen LogP contribution >= 0.6 is 47.8 Å². The van der Waals surface area contributed by atoms with Crippen molar-refractivity contribution in [1.82, 2.24) is 0 Å². The maximum Gasteiger partial charge on any atom is 0.299 e. The number of nitrogens with zero attached hydrogens (tertiary/aromatic N) is 4. The molecule has 3 rings (SSSR count). The van der Waals surface area contributed by atoms with Gasteiger partial charge in [-0.2, -0.15) is 4.99 Å². The molecule has 1 heterocycles. The molecular weight excluding hydrogens is 524 g/mol. The highest BCUT2D eigenvalue weighted by atomic mass is 79.9. The number of nitro benzene ring substituents is 1. The Labute approximate surface area is 169 Å². The summed E-state index contributed by atoms with van der Waals surface area (Å²) in [5, 5.41) is 11.5. The SMILES string of the molecule is NC1=NC2(CCCCC2)N(c2c(Br)cc(Br)c([N+](=O)[O-])c2Br)C(N)=N1. The van der Waals surface area contributed by atoms with Gasteiger partial charge in [0.05, 0.1) is 15.1 Å². The third kappa shape index (κ3) is 3.17. The van der Waals surface area contributed by atoms with Crippen molar-refractivity contribution in [3.63, 3.8) is 0 Å². The number of halogens is 3. The van der Waals surface area contributed by atoms with Crippen LogP contribution in [0.5, 0.6) is 0 Å². The molecule has 25 heavy (non-hydrogen) atoms. The van der Waals surface area contributed by atoms with Gasteiger partial charge < -0.3 is 11.5 Å². The highest BCUT2D eigenvalue weighted by molar-refractivity contribution is 9.11. The lowest BCUT2D eigenvalue weighted by atomic mass is 9.87. The first-order chi connectivity index (χ1) is 11.8. The van der Waals surface area contributed by atoms with Crippen LogP contribution < -0.4 is 16.4 Å². The molecule has 1 saturated carbocycles. The van der Waals surface area contributed by atoms with E-state index in [4.69, 9.17) is 11.5 Å². The number of benzene rings is 1. The summed E-state index contributed by atoms with van der Waals surface area (Å²) in [6, 6.07) is 1.63. The number of aliphatic imine (C=N–C) groups is 2. The van der Waals surface area contributed by atoms with Crippen LogP contribution in [0.15, 0.2) is 29.5 Å². The average molecular weight is 539 g/mol. The Balaban J connectivity index is 2.25. The van der Waals surface area contributed by atoms with Crippen LogP contribution in [0.25, 0.3) is 0 Å². The van der Waals surface area contributed by atoms with Crippen molar-refractivity contribution < 1.29 is 4.92 Å². The Morgan fingerprint density at radius 3 is 2.40 bits per heavy atom. The monoisotopic (exact) mass is 536 g/mol. The fourth-order valence-electron chi connectivity index (χ4n) is 3.39. The lowest BCUT2D eigenvalue weighted by Gasteiger charge is -2.46. The van der Waals surface area contributed by atoms with Gasteiger partial charge in [0, 0.05) is 4.47 Å². The molecule has 1 aliphatic carbocycles. The summed E-state index contributed by atoms with van der Waals surface area (Å²) >= 11 is 10.1. The summed E-state index contributed by atoms with van der Waals surface area (Å²) in [4.78, 5) is 21.5. The van der Waals surface area contributed by atoms with Gasteiger partial charge in [-0.15, -0.1) is 0 Å². The number of hydrogen-bond acceptors (Lipinski definition) is 7. The third-order valence-corrected chi connectivity index (χ3v) is 6.34. The Kier molecular flexibility index (Phi) is 5.09. The van der Waals surface area contributed by atoms with E-state index in [-0.39, 0.29) is 17.6 Å². The molecule has 1 spiro atoms. The van der Waals surface area contributed by atoms with Crippen LogP contribution in [-0.4, -0.2) is 22.5 Å². The van der Waals surface area contributed by atoms with Gasteiger partial charge in [0.25, 0.3) is 5.69 Å². The van der Waals surface area contributed by atoms with Crippen LogP contribution in [0.3, 0.4) is 0 Å². The van der Waals surface area contributed by atoms with E-state index in [0.29, 0.717) is 19.1 Å². The zero-order valence-corrected chi connectivity index (χ0v) is 17.8. The third-order valence-electron chi connectivity index (χ3n) is 4.38. The van der Waals surface area contributed by atoms with Crippen LogP contribution in [0.2, 0.25) is 0 Å². The summed E-state index contributed by atoms with van der Waals surface area (Å²) < 4.78 is 1.29. The molecule has 11 heteroatoms. The average Bonchev–Trinajstić information content (AvgIpc) is 2.49. The standard InChI is InChI=1S/C14H15Br3N6O2/c15-7-6-8(16)11(23(24)25)9(17)10(7)22-13(19)20-12(18)21-14(22)4-2-1-3-5-14/h6H,1-5H2,(H4,18,19,20,21).